The van der Waals surface area contributed by atoms with E-state index in [1.807, 2.05) is 109 Å². The van der Waals surface area contributed by atoms with Crippen LogP contribution in [0.4, 0.5) is 0 Å². The fourth-order valence-corrected chi connectivity index (χ4v) is 6.29. The maximum absolute atomic E-state index is 13.1. The summed E-state index contributed by atoms with van der Waals surface area (Å²) >= 11 is 0. The van der Waals surface area contributed by atoms with Gasteiger partial charge in [0.2, 0.25) is 17.7 Å². The van der Waals surface area contributed by atoms with Crippen molar-refractivity contribution in [3.8, 4) is 0 Å². The quantitative estimate of drug-likeness (QED) is 0.0797. The number of nitrogens with one attached hydrogen (secondary N) is 4. The number of nitrogens with two attached hydrogens (primary N) is 2. The van der Waals surface area contributed by atoms with Crippen LogP contribution >= 0.6 is 0 Å². The molecular formula is C45H52N6O4. The molecule has 0 saturated carbocycles. The first-order valence-electron chi connectivity index (χ1n) is 18.5. The van der Waals surface area contributed by atoms with Gasteiger partial charge in [-0.05, 0) is 54.1 Å². The minimum atomic E-state index is -0.829. The third-order valence-electron chi connectivity index (χ3n) is 9.26. The largest absolute Gasteiger partial charge is 0.368 e. The summed E-state index contributed by atoms with van der Waals surface area (Å²) in [6.45, 7) is 2.96. The van der Waals surface area contributed by atoms with Crippen molar-refractivity contribution in [3.05, 3.63) is 168 Å². The van der Waals surface area contributed by atoms with Crippen molar-refractivity contribution in [3.63, 3.8) is 0 Å². The molecule has 1 aliphatic rings. The molecule has 0 spiro atoms. The van der Waals surface area contributed by atoms with E-state index >= 15 is 0 Å². The van der Waals surface area contributed by atoms with E-state index in [2.05, 4.69) is 46.1 Å². The van der Waals surface area contributed by atoms with Crippen LogP contribution in [-0.4, -0.2) is 55.2 Å². The Labute approximate surface area is 323 Å². The third-order valence-corrected chi connectivity index (χ3v) is 9.26. The molecular weight excluding hydrogens is 689 g/mol. The Hall–Kier alpha value is -6.10. The zero-order valence-electron chi connectivity index (χ0n) is 31.5. The van der Waals surface area contributed by atoms with Gasteiger partial charge in [-0.25, -0.2) is 0 Å². The van der Waals surface area contributed by atoms with Crippen LogP contribution in [0.5, 0.6) is 0 Å². The average Bonchev–Trinajstić information content (AvgIpc) is 3.64. The highest BCUT2D eigenvalue weighted by atomic mass is 16.2. The number of fused-ring (bicyclic) bond motifs is 1. The second-order valence-corrected chi connectivity index (χ2v) is 13.2. The maximum atomic E-state index is 13.1. The normalized spacial score (nSPS) is 13.9. The number of hydrogen-bond donors (Lipinski definition) is 6. The number of carbonyl (C=O) groups is 4. The highest BCUT2D eigenvalue weighted by molar-refractivity contribution is 5.86. The van der Waals surface area contributed by atoms with Crippen LogP contribution in [0.15, 0.2) is 145 Å². The highest BCUT2D eigenvalue weighted by Crippen LogP contribution is 2.40. The van der Waals surface area contributed by atoms with Gasteiger partial charge in [0.15, 0.2) is 0 Å². The second-order valence-electron chi connectivity index (χ2n) is 13.2. The van der Waals surface area contributed by atoms with Gasteiger partial charge < -0.3 is 32.4 Å². The van der Waals surface area contributed by atoms with Crippen molar-refractivity contribution in [1.29, 1.82) is 0 Å². The fraction of sp³-hybridized carbons (Fsp3) is 0.244. The molecule has 1 aromatic heterocycles. The first kappa shape index (κ1) is 41.7. The van der Waals surface area contributed by atoms with E-state index in [1.165, 1.54) is 0 Å². The Bertz CT molecular complexity index is 1990. The first-order chi connectivity index (χ1) is 26.7. The molecule has 0 bridgehead atoms. The van der Waals surface area contributed by atoms with Gasteiger partial charge in [-0.3, -0.25) is 19.2 Å². The summed E-state index contributed by atoms with van der Waals surface area (Å²) in [5.74, 6) is -0.220. The molecule has 0 fully saturated rings. The highest BCUT2D eigenvalue weighted by Gasteiger charge is 2.39. The maximum Gasteiger partial charge on any atom is 0.234 e. The molecule has 5 aromatic rings. The van der Waals surface area contributed by atoms with Gasteiger partial charge in [-0.1, -0.05) is 134 Å². The van der Waals surface area contributed by atoms with E-state index in [0.717, 1.165) is 51.4 Å². The van der Waals surface area contributed by atoms with Crippen molar-refractivity contribution in [2.45, 2.75) is 44.2 Å². The van der Waals surface area contributed by atoms with Gasteiger partial charge in [0.1, 0.15) is 11.8 Å². The Morgan fingerprint density at radius 3 is 1.96 bits per heavy atom. The molecule has 10 nitrogen and oxygen atoms in total. The predicted molar refractivity (Wildman–Crippen MR) is 220 cm³/mol. The monoisotopic (exact) mass is 740 g/mol. The molecule has 2 atom stereocenters. The molecule has 1 aliphatic carbocycles. The summed E-state index contributed by atoms with van der Waals surface area (Å²) in [6.07, 6.45) is 11.0. The molecule has 4 aromatic carbocycles. The lowest BCUT2D eigenvalue weighted by Gasteiger charge is -2.39. The van der Waals surface area contributed by atoms with E-state index in [0.29, 0.717) is 25.4 Å². The molecule has 6 rings (SSSR count). The van der Waals surface area contributed by atoms with Crippen molar-refractivity contribution in [2.24, 2.45) is 17.4 Å². The van der Waals surface area contributed by atoms with Crippen molar-refractivity contribution >= 4 is 34.9 Å². The van der Waals surface area contributed by atoms with Crippen LogP contribution in [0, 0.1) is 5.92 Å². The first-order valence-corrected chi connectivity index (χ1v) is 18.5. The van der Waals surface area contributed by atoms with Crippen molar-refractivity contribution in [1.82, 2.24) is 20.9 Å². The molecule has 0 aliphatic heterocycles. The average molecular weight is 741 g/mol. The molecule has 10 heteroatoms. The number of aldehydes is 1. The number of hydrogen-bond acceptors (Lipinski definition) is 6. The van der Waals surface area contributed by atoms with Crippen molar-refractivity contribution < 1.29 is 19.2 Å². The van der Waals surface area contributed by atoms with Gasteiger partial charge in [-0.15, -0.1) is 0 Å². The molecule has 8 N–H and O–H groups in total. The molecule has 3 amide bonds. The topological polar surface area (TPSA) is 172 Å². The SMILES string of the molecule is CC1C=CC(C(NC(=O)CCC(=O)NCCN)(c2ccccc2)c2ccccc2)=CC1.CNC(Cc1c[nH]c2ccccc12)C(N)=O.O=Cc1ccccc1. The number of para-hydroxylation sites is 1. The Balaban J connectivity index is 0.000000230. The van der Waals surface area contributed by atoms with Gasteiger partial charge in [0.05, 0.1) is 6.04 Å². The van der Waals surface area contributed by atoms with Crippen LogP contribution in [0.2, 0.25) is 0 Å². The summed E-state index contributed by atoms with van der Waals surface area (Å²) < 4.78 is 0. The lowest BCUT2D eigenvalue weighted by molar-refractivity contribution is -0.127. The molecule has 0 radical (unpaired) electrons. The molecule has 286 valence electrons. The summed E-state index contributed by atoms with van der Waals surface area (Å²) in [7, 11) is 1.74. The molecule has 55 heavy (non-hydrogen) atoms. The molecule has 1 heterocycles. The Morgan fingerprint density at radius 1 is 0.855 bits per heavy atom. The lowest BCUT2D eigenvalue weighted by Crippen LogP contribution is -2.48. The standard InChI is InChI=1S/C26H31N3O2.C12H15N3O.C7H6O/c1-20-12-14-23(15-13-20)26(21-8-4-2-5-9-21,22-10-6-3-7-11-22)29-25(31)17-16-24(30)28-19-18-27;1-14-11(12(13)16)6-8-7-15-10-5-3-2-4-9(8)10;8-6-7-4-2-1-3-5-7/h2-12,14-15,20H,13,16-19,27H2,1H3,(H,28,30)(H,29,31);2-5,7,11,14-15H,6H2,1H3,(H2,13,16);1-6H. The van der Waals surface area contributed by atoms with Crippen LogP contribution in [0.3, 0.4) is 0 Å². The van der Waals surface area contributed by atoms with E-state index < -0.39 is 5.54 Å². The smallest absolute Gasteiger partial charge is 0.234 e. The number of carbonyl (C=O) groups excluding carboxylic acids is 4. The minimum absolute atomic E-state index is 0.102. The number of aromatic amines is 1. The van der Waals surface area contributed by atoms with Crippen molar-refractivity contribution in [2.75, 3.05) is 20.1 Å². The van der Waals surface area contributed by atoms with E-state index in [1.54, 1.807) is 19.2 Å². The minimum Gasteiger partial charge on any atom is -0.368 e. The molecule has 0 saturated heterocycles. The van der Waals surface area contributed by atoms with Gasteiger partial charge >= 0.3 is 0 Å². The van der Waals surface area contributed by atoms with Gasteiger partial charge in [0.25, 0.3) is 0 Å². The number of amides is 3. The lowest BCUT2D eigenvalue weighted by atomic mass is 9.74. The fourth-order valence-electron chi connectivity index (χ4n) is 6.29. The summed E-state index contributed by atoms with van der Waals surface area (Å²) in [5, 5.41) is 10.1. The Kier molecular flexibility index (Phi) is 16.3. The number of rotatable bonds is 14. The summed E-state index contributed by atoms with van der Waals surface area (Å²) in [5.41, 5.74) is 15.8. The third kappa shape index (κ3) is 11.9. The van der Waals surface area contributed by atoms with E-state index in [9.17, 15) is 19.2 Å². The zero-order chi connectivity index (χ0) is 39.5. The molecule has 2 unspecified atom stereocenters. The Morgan fingerprint density at radius 2 is 1.44 bits per heavy atom. The summed E-state index contributed by atoms with van der Waals surface area (Å²) in [4.78, 5) is 49.4. The van der Waals surface area contributed by atoms with E-state index in [4.69, 9.17) is 11.5 Å². The number of primary amides is 1. The second kappa shape index (κ2) is 21.6. The number of benzene rings is 4. The summed E-state index contributed by atoms with van der Waals surface area (Å²) in [6, 6.07) is 36.8. The number of likely N-dealkylation sites (N-methyl/N-ethyl adjacent to an activating group) is 1. The number of H-pyrrole nitrogens is 1. The number of allylic oxidation sites excluding steroid dienone is 2. The van der Waals surface area contributed by atoms with Crippen LogP contribution in [0.25, 0.3) is 10.9 Å². The van der Waals surface area contributed by atoms with Gasteiger partial charge in [-0.2, -0.15) is 0 Å². The van der Waals surface area contributed by atoms with Gasteiger partial charge in [0, 0.05) is 48.6 Å². The van der Waals surface area contributed by atoms with E-state index in [-0.39, 0.29) is 36.6 Å². The van der Waals surface area contributed by atoms with Crippen LogP contribution < -0.4 is 27.4 Å². The van der Waals surface area contributed by atoms with Crippen LogP contribution in [0.1, 0.15) is 53.2 Å². The van der Waals surface area contributed by atoms with Crippen LogP contribution in [-0.2, 0) is 26.3 Å². The zero-order valence-corrected chi connectivity index (χ0v) is 31.5. The number of aromatic nitrogens is 1. The predicted octanol–water partition coefficient (Wildman–Crippen LogP) is 5.71.